The smallest absolute Gasteiger partial charge is 0.269 e. The number of fused-ring (bicyclic) bond motifs is 1. The lowest BCUT2D eigenvalue weighted by Crippen LogP contribution is -2.11. The molecule has 1 aromatic carbocycles. The molecule has 4 heterocycles. The number of nitrogens with one attached hydrogen (secondary N) is 1. The Bertz CT molecular complexity index is 1350. The number of hydrogen-bond acceptors (Lipinski definition) is 7. The number of aromatic nitrogens is 3. The highest BCUT2D eigenvalue weighted by Gasteiger charge is 2.19. The van der Waals surface area contributed by atoms with Crippen LogP contribution in [-0.2, 0) is 0 Å². The Morgan fingerprint density at radius 3 is 2.53 bits per heavy atom. The molecule has 3 N–H and O–H groups in total. The molecule has 30 heavy (non-hydrogen) atoms. The van der Waals surface area contributed by atoms with E-state index in [-0.39, 0.29) is 5.91 Å². The molecule has 0 saturated carbocycles. The van der Waals surface area contributed by atoms with Gasteiger partial charge in [0.15, 0.2) is 5.13 Å². The first-order valence-corrected chi connectivity index (χ1v) is 10.8. The molecule has 0 bridgehead atoms. The second-order valence-electron chi connectivity index (χ2n) is 6.47. The van der Waals surface area contributed by atoms with E-state index in [2.05, 4.69) is 15.3 Å². The SMILES string of the molecule is Nc1c(C(=O)Nc2nc(-c3ccccn3)cs2)sc2nc(-c3ccccc3)ccc12. The Balaban J connectivity index is 1.42. The predicted octanol–water partition coefficient (Wildman–Crippen LogP) is 5.32. The van der Waals surface area contributed by atoms with Crippen molar-refractivity contribution in [1.82, 2.24) is 15.0 Å². The maximum atomic E-state index is 12.8. The van der Waals surface area contributed by atoms with Crippen LogP contribution >= 0.6 is 22.7 Å². The Labute approximate surface area is 180 Å². The average Bonchev–Trinajstić information content (AvgIpc) is 3.39. The number of anilines is 2. The molecule has 4 aromatic heterocycles. The molecule has 0 aliphatic carbocycles. The number of carbonyl (C=O) groups excluding carboxylic acids is 1. The molecule has 0 spiro atoms. The van der Waals surface area contributed by atoms with Gasteiger partial charge in [-0.15, -0.1) is 22.7 Å². The summed E-state index contributed by atoms with van der Waals surface area (Å²) in [6.45, 7) is 0. The number of thiophene rings is 1. The number of carbonyl (C=O) groups is 1. The molecule has 0 aliphatic rings. The molecule has 0 unspecified atom stereocenters. The van der Waals surface area contributed by atoms with Crippen LogP contribution in [0.3, 0.4) is 0 Å². The maximum Gasteiger partial charge on any atom is 0.269 e. The number of thiazole rings is 1. The lowest BCUT2D eigenvalue weighted by molar-refractivity contribution is 0.103. The number of nitrogens with two attached hydrogens (primary N) is 1. The van der Waals surface area contributed by atoms with E-state index in [1.165, 1.54) is 22.7 Å². The van der Waals surface area contributed by atoms with Gasteiger partial charge in [0, 0.05) is 22.5 Å². The zero-order chi connectivity index (χ0) is 20.5. The third-order valence-corrected chi connectivity index (χ3v) is 6.39. The number of benzene rings is 1. The summed E-state index contributed by atoms with van der Waals surface area (Å²) < 4.78 is 0. The Kier molecular flexibility index (Phi) is 4.70. The highest BCUT2D eigenvalue weighted by Crippen LogP contribution is 2.35. The van der Waals surface area contributed by atoms with Crippen LogP contribution in [0.25, 0.3) is 32.9 Å². The number of hydrogen-bond donors (Lipinski definition) is 2. The summed E-state index contributed by atoms with van der Waals surface area (Å²) in [6.07, 6.45) is 1.71. The fourth-order valence-corrected chi connectivity index (χ4v) is 4.74. The lowest BCUT2D eigenvalue weighted by atomic mass is 10.1. The van der Waals surface area contributed by atoms with E-state index < -0.39 is 0 Å². The Morgan fingerprint density at radius 2 is 1.73 bits per heavy atom. The summed E-state index contributed by atoms with van der Waals surface area (Å²) in [4.78, 5) is 27.4. The number of pyridine rings is 2. The van der Waals surface area contributed by atoms with Crippen molar-refractivity contribution in [2.45, 2.75) is 0 Å². The third kappa shape index (κ3) is 3.42. The topological polar surface area (TPSA) is 93.8 Å². The first-order chi connectivity index (χ1) is 14.7. The lowest BCUT2D eigenvalue weighted by Gasteiger charge is -2.01. The minimum atomic E-state index is -0.293. The zero-order valence-electron chi connectivity index (χ0n) is 15.6. The summed E-state index contributed by atoms with van der Waals surface area (Å²) in [5.74, 6) is -0.293. The highest BCUT2D eigenvalue weighted by atomic mass is 32.1. The Hall–Kier alpha value is -3.62. The van der Waals surface area contributed by atoms with Crippen molar-refractivity contribution in [2.24, 2.45) is 0 Å². The summed E-state index contributed by atoms with van der Waals surface area (Å²) in [7, 11) is 0. The normalized spacial score (nSPS) is 10.9. The molecular weight excluding hydrogens is 414 g/mol. The second-order valence-corrected chi connectivity index (χ2v) is 8.32. The summed E-state index contributed by atoms with van der Waals surface area (Å²) >= 11 is 2.62. The first kappa shape index (κ1) is 18.4. The molecule has 0 saturated heterocycles. The monoisotopic (exact) mass is 429 g/mol. The number of nitrogen functional groups attached to an aromatic ring is 1. The van der Waals surface area contributed by atoms with Crippen LogP contribution in [0, 0.1) is 0 Å². The van der Waals surface area contributed by atoms with Gasteiger partial charge in [0.05, 0.1) is 17.1 Å². The van der Waals surface area contributed by atoms with Crippen molar-refractivity contribution in [2.75, 3.05) is 11.1 Å². The van der Waals surface area contributed by atoms with E-state index in [1.54, 1.807) is 6.20 Å². The van der Waals surface area contributed by atoms with E-state index >= 15 is 0 Å². The van der Waals surface area contributed by atoms with Gasteiger partial charge in [-0.3, -0.25) is 15.1 Å². The van der Waals surface area contributed by atoms with Crippen molar-refractivity contribution < 1.29 is 4.79 Å². The van der Waals surface area contributed by atoms with Crippen molar-refractivity contribution >= 4 is 49.6 Å². The fraction of sp³-hybridized carbons (Fsp3) is 0. The van der Waals surface area contributed by atoms with Crippen molar-refractivity contribution in [3.05, 3.63) is 77.1 Å². The van der Waals surface area contributed by atoms with Gasteiger partial charge >= 0.3 is 0 Å². The van der Waals surface area contributed by atoms with Crippen LogP contribution in [-0.4, -0.2) is 20.9 Å². The highest BCUT2D eigenvalue weighted by molar-refractivity contribution is 7.21. The minimum absolute atomic E-state index is 0.293. The second kappa shape index (κ2) is 7.66. The molecule has 8 heteroatoms. The summed E-state index contributed by atoms with van der Waals surface area (Å²) in [5.41, 5.74) is 10.0. The van der Waals surface area contributed by atoms with E-state index in [0.717, 1.165) is 32.9 Å². The van der Waals surface area contributed by atoms with Gasteiger partial charge in [-0.25, -0.2) is 9.97 Å². The molecule has 146 valence electrons. The molecule has 1 amide bonds. The molecular formula is C22H15N5OS2. The minimum Gasteiger partial charge on any atom is -0.397 e. The van der Waals surface area contributed by atoms with E-state index in [1.807, 2.05) is 66.0 Å². The van der Waals surface area contributed by atoms with Gasteiger partial charge in [-0.2, -0.15) is 0 Å². The van der Waals surface area contributed by atoms with Crippen LogP contribution in [0.5, 0.6) is 0 Å². The van der Waals surface area contributed by atoms with Crippen molar-refractivity contribution in [1.29, 1.82) is 0 Å². The fourth-order valence-electron chi connectivity index (χ4n) is 3.05. The number of nitrogens with zero attached hydrogens (tertiary/aromatic N) is 3. The van der Waals surface area contributed by atoms with E-state index in [9.17, 15) is 4.79 Å². The zero-order valence-corrected chi connectivity index (χ0v) is 17.2. The van der Waals surface area contributed by atoms with Gasteiger partial charge in [0.1, 0.15) is 15.4 Å². The molecule has 5 aromatic rings. The number of amides is 1. The van der Waals surface area contributed by atoms with Gasteiger partial charge < -0.3 is 5.73 Å². The first-order valence-electron chi connectivity index (χ1n) is 9.12. The van der Waals surface area contributed by atoms with Gasteiger partial charge in [-0.05, 0) is 24.3 Å². The maximum absolute atomic E-state index is 12.8. The Morgan fingerprint density at radius 1 is 0.900 bits per heavy atom. The van der Waals surface area contributed by atoms with Crippen LogP contribution in [0.15, 0.2) is 72.2 Å². The van der Waals surface area contributed by atoms with Crippen LogP contribution in [0.4, 0.5) is 10.8 Å². The number of rotatable bonds is 4. The van der Waals surface area contributed by atoms with E-state index in [0.29, 0.717) is 15.7 Å². The predicted molar refractivity (Wildman–Crippen MR) is 123 cm³/mol. The van der Waals surface area contributed by atoms with Crippen molar-refractivity contribution in [3.63, 3.8) is 0 Å². The molecule has 6 nitrogen and oxygen atoms in total. The van der Waals surface area contributed by atoms with Crippen molar-refractivity contribution in [3.8, 4) is 22.6 Å². The molecule has 0 radical (unpaired) electrons. The molecule has 0 aliphatic heterocycles. The van der Waals surface area contributed by atoms with Crippen LogP contribution in [0.2, 0.25) is 0 Å². The van der Waals surface area contributed by atoms with Crippen LogP contribution < -0.4 is 11.1 Å². The van der Waals surface area contributed by atoms with Gasteiger partial charge in [0.25, 0.3) is 5.91 Å². The average molecular weight is 430 g/mol. The van der Waals surface area contributed by atoms with Gasteiger partial charge in [0.2, 0.25) is 0 Å². The van der Waals surface area contributed by atoms with Gasteiger partial charge in [-0.1, -0.05) is 36.4 Å². The summed E-state index contributed by atoms with van der Waals surface area (Å²) in [5, 5.41) is 5.97. The molecule has 0 atom stereocenters. The third-order valence-electron chi connectivity index (χ3n) is 4.52. The molecule has 5 rings (SSSR count). The van der Waals surface area contributed by atoms with E-state index in [4.69, 9.17) is 10.7 Å². The molecule has 0 fully saturated rings. The quantitative estimate of drug-likeness (QED) is 0.403. The van der Waals surface area contributed by atoms with Crippen LogP contribution in [0.1, 0.15) is 9.67 Å². The standard InChI is InChI=1S/C22H15N5OS2/c23-18-14-9-10-15(13-6-2-1-3-7-13)25-21(14)30-19(18)20(28)27-22-26-17(12-29-22)16-8-4-5-11-24-16/h1-12H,23H2,(H,26,27,28). The largest absolute Gasteiger partial charge is 0.397 e. The summed E-state index contributed by atoms with van der Waals surface area (Å²) in [6, 6.07) is 19.4.